The number of aliphatic hydroxyl groups excluding tert-OH is 4. The minimum atomic E-state index is -0.685. The van der Waals surface area contributed by atoms with Crippen LogP contribution in [0.4, 0.5) is 0 Å². The van der Waals surface area contributed by atoms with Crippen LogP contribution in [0, 0.1) is 13.8 Å². The summed E-state index contributed by atoms with van der Waals surface area (Å²) >= 11 is 2.67. The molecule has 50 heavy (non-hydrogen) atoms. The lowest BCUT2D eigenvalue weighted by molar-refractivity contribution is 0.137. The molecule has 4 aromatic rings. The lowest BCUT2D eigenvalue weighted by Gasteiger charge is -2.16. The molecule has 6 rings (SSSR count). The van der Waals surface area contributed by atoms with Crippen molar-refractivity contribution in [3.63, 3.8) is 0 Å². The molecule has 6 atom stereocenters. The standard InChI is InChI=1S/2C15H21N5O4S/c1-3-18-6-10(16-17-18)7-20-14(23)9(2)5-19(15(20)24)13-4-11(22)12(8-21)25-13;1-3-10-6-18(17-16-10)8-20-14(23)9(2)5-19(15(20)24)13-4-11(22)12(7-21)25-13/h2*5-6,11-13,21-22H,3-4,7-8H2,1-2H3/t2*11?,12-,13?/m11/s1. The van der Waals surface area contributed by atoms with Crippen LogP contribution in [0.1, 0.15) is 60.0 Å². The van der Waals surface area contributed by atoms with Crippen molar-refractivity contribution in [3.05, 3.63) is 89.0 Å². The summed E-state index contributed by atoms with van der Waals surface area (Å²) in [4.78, 5) is 50.5. The van der Waals surface area contributed by atoms with E-state index in [1.807, 2.05) is 13.8 Å². The van der Waals surface area contributed by atoms with Crippen molar-refractivity contribution in [2.24, 2.45) is 0 Å². The largest absolute Gasteiger partial charge is 0.395 e. The Hall–Kier alpha value is -3.82. The molecule has 0 aliphatic carbocycles. The third kappa shape index (κ3) is 7.89. The van der Waals surface area contributed by atoms with Gasteiger partial charge in [0, 0.05) is 42.9 Å². The van der Waals surface area contributed by atoms with Gasteiger partial charge in [0.25, 0.3) is 11.1 Å². The summed E-state index contributed by atoms with van der Waals surface area (Å²) in [6.45, 7) is 7.52. The van der Waals surface area contributed by atoms with E-state index in [0.717, 1.165) is 14.8 Å². The first-order valence-corrected chi connectivity index (χ1v) is 18.1. The van der Waals surface area contributed by atoms with Crippen LogP contribution in [-0.2, 0) is 26.2 Å². The third-order valence-electron chi connectivity index (χ3n) is 8.59. The van der Waals surface area contributed by atoms with Crippen LogP contribution in [0.3, 0.4) is 0 Å². The summed E-state index contributed by atoms with van der Waals surface area (Å²) in [5.41, 5.74) is 0.513. The molecule has 2 saturated heterocycles. The van der Waals surface area contributed by atoms with E-state index in [9.17, 15) is 39.6 Å². The summed E-state index contributed by atoms with van der Waals surface area (Å²) in [6.07, 6.45) is 6.48. The van der Waals surface area contributed by atoms with E-state index in [2.05, 4.69) is 20.6 Å². The first kappa shape index (κ1) is 37.4. The highest BCUT2D eigenvalue weighted by Crippen LogP contribution is 2.41. The topological polar surface area (TPSA) is 230 Å². The number of nitrogens with zero attached hydrogens (tertiary/aromatic N) is 10. The van der Waals surface area contributed by atoms with Crippen molar-refractivity contribution >= 4 is 23.5 Å². The Labute approximate surface area is 294 Å². The molecule has 0 aromatic carbocycles. The van der Waals surface area contributed by atoms with Gasteiger partial charge in [0.15, 0.2) is 0 Å². The number of rotatable bonds is 10. The number of thioether (sulfide) groups is 2. The fourth-order valence-corrected chi connectivity index (χ4v) is 8.48. The summed E-state index contributed by atoms with van der Waals surface area (Å²) in [5, 5.41) is 53.1. The van der Waals surface area contributed by atoms with Crippen LogP contribution < -0.4 is 22.5 Å². The molecule has 2 aliphatic heterocycles. The highest BCUT2D eigenvalue weighted by Gasteiger charge is 2.36. The van der Waals surface area contributed by atoms with Crippen molar-refractivity contribution in [3.8, 4) is 0 Å². The minimum Gasteiger partial charge on any atom is -0.395 e. The van der Waals surface area contributed by atoms with Crippen LogP contribution in [0.25, 0.3) is 0 Å². The Bertz CT molecular complexity index is 1890. The fourth-order valence-electron chi connectivity index (χ4n) is 5.74. The number of aryl methyl sites for hydroxylation is 4. The van der Waals surface area contributed by atoms with Gasteiger partial charge in [-0.15, -0.1) is 33.7 Å². The molecule has 0 bridgehead atoms. The third-order valence-corrected chi connectivity index (χ3v) is 11.7. The van der Waals surface area contributed by atoms with Gasteiger partial charge < -0.3 is 20.4 Å². The molecule has 20 heteroatoms. The van der Waals surface area contributed by atoms with Crippen molar-refractivity contribution in [2.45, 2.75) is 100 Å². The lowest BCUT2D eigenvalue weighted by Crippen LogP contribution is -2.42. The van der Waals surface area contributed by atoms with E-state index < -0.39 is 23.6 Å². The second-order valence-corrected chi connectivity index (χ2v) is 15.0. The van der Waals surface area contributed by atoms with Gasteiger partial charge in [-0.3, -0.25) is 28.0 Å². The molecule has 18 nitrogen and oxygen atoms in total. The highest BCUT2D eigenvalue weighted by atomic mass is 32.2. The first-order valence-electron chi connectivity index (χ1n) is 16.2. The average molecular weight is 735 g/mol. The SMILES string of the molecule is CCc1cn(Cn2c(=O)c(C)cn(C3CC(O)[C@@H](CO)S3)c2=O)nn1.CCn1cc(Cn2c(=O)c(C)cn(C3CC(O)[C@@H](CO)S3)c2=O)nn1. The van der Waals surface area contributed by atoms with E-state index in [0.29, 0.717) is 42.6 Å². The Balaban J connectivity index is 0.000000194. The normalized spacial score (nSPS) is 23.3. The van der Waals surface area contributed by atoms with Crippen molar-refractivity contribution < 1.29 is 20.4 Å². The zero-order chi connectivity index (χ0) is 36.3. The zero-order valence-electron chi connectivity index (χ0n) is 28.1. The van der Waals surface area contributed by atoms with Crippen LogP contribution in [0.15, 0.2) is 44.0 Å². The average Bonchev–Trinajstić information content (AvgIpc) is 3.92. The predicted molar refractivity (Wildman–Crippen MR) is 185 cm³/mol. The zero-order valence-corrected chi connectivity index (χ0v) is 29.8. The van der Waals surface area contributed by atoms with Crippen molar-refractivity contribution in [2.75, 3.05) is 13.2 Å². The predicted octanol–water partition coefficient (Wildman–Crippen LogP) is -1.33. The van der Waals surface area contributed by atoms with Gasteiger partial charge >= 0.3 is 11.4 Å². The van der Waals surface area contributed by atoms with Crippen LogP contribution in [-0.4, -0.2) is 105 Å². The molecule has 0 spiro atoms. The molecule has 0 radical (unpaired) electrons. The van der Waals surface area contributed by atoms with Gasteiger partial charge in [0.05, 0.1) is 71.3 Å². The van der Waals surface area contributed by atoms with Crippen LogP contribution in [0.2, 0.25) is 0 Å². The second-order valence-electron chi connectivity index (χ2n) is 12.2. The quantitative estimate of drug-likeness (QED) is 0.148. The monoisotopic (exact) mass is 734 g/mol. The number of hydrogen-bond donors (Lipinski definition) is 4. The fraction of sp³-hybridized carbons (Fsp3) is 0.600. The van der Waals surface area contributed by atoms with Crippen molar-refractivity contribution in [1.82, 2.24) is 48.3 Å². The molecule has 0 amide bonds. The Morgan fingerprint density at radius 1 is 0.720 bits per heavy atom. The van der Waals surface area contributed by atoms with Crippen LogP contribution >= 0.6 is 23.5 Å². The Morgan fingerprint density at radius 3 is 1.66 bits per heavy atom. The molecule has 272 valence electrons. The molecule has 4 aromatic heterocycles. The van der Waals surface area contributed by atoms with E-state index >= 15 is 0 Å². The number of aliphatic hydroxyl groups is 4. The minimum absolute atomic E-state index is 0.0181. The molecule has 2 fully saturated rings. The molecular weight excluding hydrogens is 693 g/mol. The molecule has 2 aliphatic rings. The molecular formula is C30H42N10O8S2. The maximum absolute atomic E-state index is 12.8. The van der Waals surface area contributed by atoms with Gasteiger partial charge in [-0.1, -0.05) is 17.4 Å². The summed E-state index contributed by atoms with van der Waals surface area (Å²) in [7, 11) is 0. The maximum atomic E-state index is 12.8. The maximum Gasteiger partial charge on any atom is 0.333 e. The summed E-state index contributed by atoms with van der Waals surface area (Å²) in [6, 6.07) is 0. The molecule has 4 unspecified atom stereocenters. The van der Waals surface area contributed by atoms with E-state index in [1.54, 1.807) is 30.9 Å². The Morgan fingerprint density at radius 2 is 1.20 bits per heavy atom. The second kappa shape index (κ2) is 16.0. The van der Waals surface area contributed by atoms with E-state index in [1.165, 1.54) is 49.7 Å². The summed E-state index contributed by atoms with van der Waals surface area (Å²) in [5.74, 6) is 0. The van der Waals surface area contributed by atoms with Gasteiger partial charge in [-0.2, -0.15) is 0 Å². The Kier molecular flexibility index (Phi) is 12.0. The summed E-state index contributed by atoms with van der Waals surface area (Å²) < 4.78 is 8.26. The van der Waals surface area contributed by atoms with Crippen LogP contribution in [0.5, 0.6) is 0 Å². The van der Waals surface area contributed by atoms with Gasteiger partial charge in [-0.25, -0.2) is 18.8 Å². The number of hydrogen-bond acceptors (Lipinski definition) is 14. The highest BCUT2D eigenvalue weighted by molar-refractivity contribution is 8.00. The first-order chi connectivity index (χ1) is 23.9. The molecule has 6 heterocycles. The lowest BCUT2D eigenvalue weighted by atomic mass is 10.2. The van der Waals surface area contributed by atoms with Gasteiger partial charge in [0.2, 0.25) is 0 Å². The molecule has 4 N–H and O–H groups in total. The smallest absolute Gasteiger partial charge is 0.333 e. The van der Waals surface area contributed by atoms with Gasteiger partial charge in [0.1, 0.15) is 12.4 Å². The molecule has 0 saturated carbocycles. The van der Waals surface area contributed by atoms with Crippen molar-refractivity contribution in [1.29, 1.82) is 0 Å². The number of aromatic nitrogens is 10. The van der Waals surface area contributed by atoms with E-state index in [-0.39, 0.29) is 58.8 Å². The van der Waals surface area contributed by atoms with E-state index in [4.69, 9.17) is 0 Å². The van der Waals surface area contributed by atoms with Gasteiger partial charge in [-0.05, 0) is 27.2 Å².